The summed E-state index contributed by atoms with van der Waals surface area (Å²) in [5.41, 5.74) is -0.0416. The summed E-state index contributed by atoms with van der Waals surface area (Å²) in [5.74, 6) is -1.96. The van der Waals surface area contributed by atoms with Gasteiger partial charge in [0, 0.05) is 12.1 Å². The molecule has 3 rings (SSSR count). The second-order valence-corrected chi connectivity index (χ2v) is 7.94. The second-order valence-electron chi connectivity index (χ2n) is 6.11. The maximum absolute atomic E-state index is 12.6. The first kappa shape index (κ1) is 21.1. The van der Waals surface area contributed by atoms with Crippen molar-refractivity contribution in [2.45, 2.75) is 4.90 Å². The van der Waals surface area contributed by atoms with Crippen molar-refractivity contribution in [2.75, 3.05) is 33.2 Å². The molecular weight excluding hydrogens is 416 g/mol. The first-order chi connectivity index (χ1) is 14.2. The van der Waals surface area contributed by atoms with E-state index in [0.717, 1.165) is 7.11 Å². The van der Waals surface area contributed by atoms with Gasteiger partial charge in [0.1, 0.15) is 11.4 Å². The molecule has 158 valence electrons. The molecule has 0 saturated carbocycles. The number of esters is 1. The molecular formula is C19H18N2O8S. The Kier molecular flexibility index (Phi) is 5.65. The molecule has 0 aromatic heterocycles. The van der Waals surface area contributed by atoms with Gasteiger partial charge in [0.2, 0.25) is 5.91 Å². The highest BCUT2D eigenvalue weighted by Gasteiger charge is 2.41. The monoisotopic (exact) mass is 434 g/mol. The number of methoxy groups -OCH3 is 3. The SMILES string of the molecule is COC(=O)c1cc(OC)c(OC)cc1NC(=O)CN1C(=O)c2ccccc2S1(=O)=O. The van der Waals surface area contributed by atoms with Crippen molar-refractivity contribution in [1.82, 2.24) is 4.31 Å². The van der Waals surface area contributed by atoms with Gasteiger partial charge in [-0.05, 0) is 12.1 Å². The summed E-state index contributed by atoms with van der Waals surface area (Å²) >= 11 is 0. The number of nitrogens with one attached hydrogen (secondary N) is 1. The van der Waals surface area contributed by atoms with E-state index in [0.29, 0.717) is 4.31 Å². The van der Waals surface area contributed by atoms with Crippen molar-refractivity contribution in [1.29, 1.82) is 0 Å². The number of carbonyl (C=O) groups excluding carboxylic acids is 3. The first-order valence-corrected chi connectivity index (χ1v) is 9.99. The Balaban J connectivity index is 1.90. The van der Waals surface area contributed by atoms with E-state index >= 15 is 0 Å². The summed E-state index contributed by atoms with van der Waals surface area (Å²) < 4.78 is 40.7. The molecule has 2 aromatic carbocycles. The lowest BCUT2D eigenvalue weighted by atomic mass is 10.1. The van der Waals surface area contributed by atoms with Crippen LogP contribution in [0.1, 0.15) is 20.7 Å². The van der Waals surface area contributed by atoms with Crippen molar-refractivity contribution < 1.29 is 37.0 Å². The zero-order valence-corrected chi connectivity index (χ0v) is 17.1. The van der Waals surface area contributed by atoms with Crippen LogP contribution in [0.2, 0.25) is 0 Å². The van der Waals surface area contributed by atoms with Crippen LogP contribution >= 0.6 is 0 Å². The highest BCUT2D eigenvalue weighted by Crippen LogP contribution is 2.34. The average Bonchev–Trinajstić information content (AvgIpc) is 2.93. The molecule has 11 heteroatoms. The summed E-state index contributed by atoms with van der Waals surface area (Å²) in [6.45, 7) is -0.773. The van der Waals surface area contributed by atoms with Crippen molar-refractivity contribution in [2.24, 2.45) is 0 Å². The molecule has 0 bridgehead atoms. The molecule has 0 saturated heterocycles. The Morgan fingerprint density at radius 1 is 1.03 bits per heavy atom. The van der Waals surface area contributed by atoms with Crippen molar-refractivity contribution in [3.63, 3.8) is 0 Å². The van der Waals surface area contributed by atoms with Gasteiger partial charge in [-0.15, -0.1) is 0 Å². The standard InChI is InChI=1S/C19H18N2O8S/c1-27-14-8-12(19(24)29-3)13(9-15(14)28-2)20-17(22)10-21-18(23)11-6-4-5-7-16(11)30(21,25)26/h4-9H,10H2,1-3H3,(H,20,22). The highest BCUT2D eigenvalue weighted by molar-refractivity contribution is 7.90. The average molecular weight is 434 g/mol. The smallest absolute Gasteiger partial charge is 0.340 e. The van der Waals surface area contributed by atoms with Crippen LogP contribution in [-0.2, 0) is 19.6 Å². The first-order valence-electron chi connectivity index (χ1n) is 8.54. The Morgan fingerprint density at radius 2 is 1.67 bits per heavy atom. The Hall–Kier alpha value is -3.60. The maximum atomic E-state index is 12.6. The van der Waals surface area contributed by atoms with E-state index in [9.17, 15) is 22.8 Å². The number of nitrogens with zero attached hydrogens (tertiary/aromatic N) is 1. The molecule has 0 fully saturated rings. The molecule has 2 aromatic rings. The number of anilines is 1. The van der Waals surface area contributed by atoms with Crippen LogP contribution in [0, 0.1) is 0 Å². The number of fused-ring (bicyclic) bond motifs is 1. The van der Waals surface area contributed by atoms with Gasteiger partial charge in [-0.25, -0.2) is 17.5 Å². The zero-order valence-electron chi connectivity index (χ0n) is 16.3. The van der Waals surface area contributed by atoms with Crippen LogP contribution in [0.15, 0.2) is 41.3 Å². The lowest BCUT2D eigenvalue weighted by Crippen LogP contribution is -2.37. The predicted octanol–water partition coefficient (Wildman–Crippen LogP) is 1.27. The van der Waals surface area contributed by atoms with E-state index in [2.05, 4.69) is 5.32 Å². The van der Waals surface area contributed by atoms with Gasteiger partial charge in [-0.3, -0.25) is 9.59 Å². The third kappa shape index (κ3) is 3.54. The number of amides is 2. The number of carbonyl (C=O) groups is 3. The molecule has 0 atom stereocenters. The predicted molar refractivity (Wildman–Crippen MR) is 104 cm³/mol. The summed E-state index contributed by atoms with van der Waals surface area (Å²) in [6, 6.07) is 8.33. The van der Waals surface area contributed by atoms with Gasteiger partial charge in [-0.1, -0.05) is 12.1 Å². The largest absolute Gasteiger partial charge is 0.493 e. The molecule has 0 unspecified atom stereocenters. The molecule has 1 aliphatic heterocycles. The summed E-state index contributed by atoms with van der Waals surface area (Å²) in [6.07, 6.45) is 0. The molecule has 0 radical (unpaired) electrons. The molecule has 1 heterocycles. The number of sulfonamides is 1. The normalized spacial score (nSPS) is 14.1. The fourth-order valence-electron chi connectivity index (χ4n) is 2.97. The lowest BCUT2D eigenvalue weighted by Gasteiger charge is -2.17. The van der Waals surface area contributed by atoms with Crippen LogP contribution in [0.4, 0.5) is 5.69 Å². The number of rotatable bonds is 6. The van der Waals surface area contributed by atoms with Gasteiger partial charge < -0.3 is 19.5 Å². The Labute approximate surface area is 172 Å². The number of hydrogen-bond acceptors (Lipinski definition) is 8. The van der Waals surface area contributed by atoms with E-state index in [1.54, 1.807) is 0 Å². The second kappa shape index (κ2) is 8.03. The Morgan fingerprint density at radius 3 is 2.27 bits per heavy atom. The molecule has 10 nitrogen and oxygen atoms in total. The van der Waals surface area contributed by atoms with E-state index in [1.807, 2.05) is 0 Å². The summed E-state index contributed by atoms with van der Waals surface area (Å²) in [5, 5.41) is 2.43. The van der Waals surface area contributed by atoms with Crippen molar-refractivity contribution >= 4 is 33.5 Å². The van der Waals surface area contributed by atoms with Crippen LogP contribution < -0.4 is 14.8 Å². The number of hydrogen-bond donors (Lipinski definition) is 1. The van der Waals surface area contributed by atoms with Gasteiger partial charge in [0.05, 0.1) is 38.1 Å². The van der Waals surface area contributed by atoms with Gasteiger partial charge >= 0.3 is 5.97 Å². The van der Waals surface area contributed by atoms with E-state index in [-0.39, 0.29) is 33.2 Å². The molecule has 1 N–H and O–H groups in total. The van der Waals surface area contributed by atoms with Gasteiger partial charge in [-0.2, -0.15) is 0 Å². The van der Waals surface area contributed by atoms with Gasteiger partial charge in [0.15, 0.2) is 11.5 Å². The number of ether oxygens (including phenoxy) is 3. The molecule has 30 heavy (non-hydrogen) atoms. The minimum Gasteiger partial charge on any atom is -0.493 e. The summed E-state index contributed by atoms with van der Waals surface area (Å²) in [4.78, 5) is 37.0. The van der Waals surface area contributed by atoms with Gasteiger partial charge in [0.25, 0.3) is 15.9 Å². The molecule has 2 amide bonds. The fraction of sp³-hybridized carbons (Fsp3) is 0.211. The Bertz CT molecular complexity index is 1140. The molecule has 1 aliphatic rings. The van der Waals surface area contributed by atoms with Crippen LogP contribution in [-0.4, -0.2) is 58.4 Å². The lowest BCUT2D eigenvalue weighted by molar-refractivity contribution is -0.116. The zero-order chi connectivity index (χ0) is 22.1. The molecule has 0 spiro atoms. The van der Waals surface area contributed by atoms with Crippen LogP contribution in [0.25, 0.3) is 0 Å². The van der Waals surface area contributed by atoms with E-state index < -0.39 is 34.4 Å². The minimum absolute atomic E-state index is 0.00561. The number of benzene rings is 2. The third-order valence-electron chi connectivity index (χ3n) is 4.40. The summed E-state index contributed by atoms with van der Waals surface area (Å²) in [7, 11) is -0.244. The van der Waals surface area contributed by atoms with Crippen LogP contribution in [0.3, 0.4) is 0 Å². The van der Waals surface area contributed by atoms with E-state index in [1.165, 1.54) is 50.6 Å². The fourth-order valence-corrected chi connectivity index (χ4v) is 4.49. The minimum atomic E-state index is -4.15. The van der Waals surface area contributed by atoms with Crippen LogP contribution in [0.5, 0.6) is 11.5 Å². The van der Waals surface area contributed by atoms with Crippen molar-refractivity contribution in [3.8, 4) is 11.5 Å². The highest BCUT2D eigenvalue weighted by atomic mass is 32.2. The quantitative estimate of drug-likeness (QED) is 0.673. The van der Waals surface area contributed by atoms with E-state index in [4.69, 9.17) is 14.2 Å². The van der Waals surface area contributed by atoms with Crippen molar-refractivity contribution in [3.05, 3.63) is 47.5 Å². The maximum Gasteiger partial charge on any atom is 0.340 e. The molecule has 0 aliphatic carbocycles. The topological polar surface area (TPSA) is 128 Å². The third-order valence-corrected chi connectivity index (χ3v) is 6.19.